The number of carbonyl (C=O) groups is 1. The zero-order valence-electron chi connectivity index (χ0n) is 10.4. The Kier molecular flexibility index (Phi) is 4.23. The summed E-state index contributed by atoms with van der Waals surface area (Å²) in [5.41, 5.74) is 5.56. The second-order valence-corrected chi connectivity index (χ2v) is 4.92. The molecule has 1 atom stereocenters. The Labute approximate surface area is 101 Å². The average Bonchev–Trinajstić information content (AvgIpc) is 2.14. The van der Waals surface area contributed by atoms with Crippen molar-refractivity contribution < 1.29 is 13.9 Å². The van der Waals surface area contributed by atoms with Crippen LogP contribution in [-0.2, 0) is 9.53 Å². The summed E-state index contributed by atoms with van der Waals surface area (Å²) in [7, 11) is 0. The maximum Gasteiger partial charge on any atom is 0.308 e. The quantitative estimate of drug-likeness (QED) is 0.825. The van der Waals surface area contributed by atoms with Crippen molar-refractivity contribution in [3.63, 3.8) is 0 Å². The van der Waals surface area contributed by atoms with Crippen LogP contribution in [0.4, 0.5) is 4.39 Å². The highest BCUT2D eigenvalue weighted by Crippen LogP contribution is 2.19. The SMILES string of the molecule is CC(C)(C)OC(=O)CC(N)c1ccccc1F. The third-order valence-electron chi connectivity index (χ3n) is 2.11. The van der Waals surface area contributed by atoms with Crippen LogP contribution in [-0.4, -0.2) is 11.6 Å². The van der Waals surface area contributed by atoms with Gasteiger partial charge in [-0.05, 0) is 26.8 Å². The van der Waals surface area contributed by atoms with Gasteiger partial charge in [0.2, 0.25) is 0 Å². The van der Waals surface area contributed by atoms with Gasteiger partial charge in [-0.25, -0.2) is 4.39 Å². The number of rotatable bonds is 3. The number of hydrogen-bond acceptors (Lipinski definition) is 3. The van der Waals surface area contributed by atoms with Gasteiger partial charge >= 0.3 is 5.97 Å². The molecule has 0 aromatic heterocycles. The number of carbonyl (C=O) groups excluding carboxylic acids is 1. The third kappa shape index (κ3) is 4.53. The first kappa shape index (κ1) is 13.6. The number of esters is 1. The Bertz CT molecular complexity index is 399. The Hall–Kier alpha value is -1.42. The maximum absolute atomic E-state index is 13.4. The van der Waals surface area contributed by atoms with Gasteiger partial charge in [0.15, 0.2) is 0 Å². The van der Waals surface area contributed by atoms with E-state index in [4.69, 9.17) is 10.5 Å². The summed E-state index contributed by atoms with van der Waals surface area (Å²) in [6.45, 7) is 5.33. The van der Waals surface area contributed by atoms with Gasteiger partial charge in [-0.2, -0.15) is 0 Å². The predicted octanol–water partition coefficient (Wildman–Crippen LogP) is 2.56. The Morgan fingerprint density at radius 2 is 2.00 bits per heavy atom. The summed E-state index contributed by atoms with van der Waals surface area (Å²) in [6.07, 6.45) is -0.0296. The number of hydrogen-bond donors (Lipinski definition) is 1. The molecule has 2 N–H and O–H groups in total. The number of nitrogens with two attached hydrogens (primary N) is 1. The molecule has 94 valence electrons. The summed E-state index contributed by atoms with van der Waals surface area (Å²) in [4.78, 5) is 11.5. The van der Waals surface area contributed by atoms with E-state index in [2.05, 4.69) is 0 Å². The number of halogens is 1. The molecule has 17 heavy (non-hydrogen) atoms. The molecule has 4 heteroatoms. The van der Waals surface area contributed by atoms with E-state index < -0.39 is 23.4 Å². The molecule has 0 spiro atoms. The lowest BCUT2D eigenvalue weighted by Crippen LogP contribution is -2.26. The van der Waals surface area contributed by atoms with Gasteiger partial charge in [0, 0.05) is 11.6 Å². The van der Waals surface area contributed by atoms with E-state index in [1.165, 1.54) is 6.07 Å². The zero-order valence-corrected chi connectivity index (χ0v) is 10.4. The van der Waals surface area contributed by atoms with E-state index in [1.54, 1.807) is 39.0 Å². The molecule has 3 nitrogen and oxygen atoms in total. The topological polar surface area (TPSA) is 52.3 Å². The third-order valence-corrected chi connectivity index (χ3v) is 2.11. The van der Waals surface area contributed by atoms with Gasteiger partial charge in [0.05, 0.1) is 6.42 Å². The molecular weight excluding hydrogens is 221 g/mol. The zero-order chi connectivity index (χ0) is 13.1. The van der Waals surface area contributed by atoms with Crippen molar-refractivity contribution in [2.75, 3.05) is 0 Å². The van der Waals surface area contributed by atoms with Crippen molar-refractivity contribution in [2.24, 2.45) is 5.73 Å². The van der Waals surface area contributed by atoms with Gasteiger partial charge in [0.25, 0.3) is 0 Å². The highest BCUT2D eigenvalue weighted by Gasteiger charge is 2.20. The van der Waals surface area contributed by atoms with Crippen LogP contribution in [0.3, 0.4) is 0 Å². The molecule has 1 rings (SSSR count). The Morgan fingerprint density at radius 3 is 2.53 bits per heavy atom. The second kappa shape index (κ2) is 5.27. The first-order valence-electron chi connectivity index (χ1n) is 5.51. The van der Waals surface area contributed by atoms with E-state index in [0.717, 1.165) is 0 Å². The summed E-state index contributed by atoms with van der Waals surface area (Å²) in [5, 5.41) is 0. The largest absolute Gasteiger partial charge is 0.460 e. The van der Waals surface area contributed by atoms with Crippen LogP contribution >= 0.6 is 0 Å². The normalized spacial score (nSPS) is 13.2. The van der Waals surface area contributed by atoms with Crippen molar-refractivity contribution in [1.29, 1.82) is 0 Å². The van der Waals surface area contributed by atoms with Crippen LogP contribution in [0.2, 0.25) is 0 Å². The van der Waals surface area contributed by atoms with Gasteiger partial charge in [-0.1, -0.05) is 18.2 Å². The summed E-state index contributed by atoms with van der Waals surface area (Å²) in [5.74, 6) is -0.822. The molecule has 0 aliphatic carbocycles. The van der Waals surface area contributed by atoms with E-state index in [0.29, 0.717) is 5.56 Å². The van der Waals surface area contributed by atoms with Crippen molar-refractivity contribution in [3.05, 3.63) is 35.6 Å². The highest BCUT2D eigenvalue weighted by atomic mass is 19.1. The fourth-order valence-electron chi connectivity index (χ4n) is 1.45. The molecule has 1 unspecified atom stereocenters. The van der Waals surface area contributed by atoms with Crippen molar-refractivity contribution >= 4 is 5.97 Å². The molecule has 0 fully saturated rings. The minimum Gasteiger partial charge on any atom is -0.460 e. The molecule has 0 bridgehead atoms. The van der Waals surface area contributed by atoms with E-state index in [1.807, 2.05) is 0 Å². The van der Waals surface area contributed by atoms with Crippen LogP contribution in [0.5, 0.6) is 0 Å². The van der Waals surface area contributed by atoms with Crippen molar-refractivity contribution in [1.82, 2.24) is 0 Å². The van der Waals surface area contributed by atoms with Gasteiger partial charge in [0.1, 0.15) is 11.4 Å². The first-order valence-corrected chi connectivity index (χ1v) is 5.51. The van der Waals surface area contributed by atoms with Gasteiger partial charge in [-0.3, -0.25) is 4.79 Å². The van der Waals surface area contributed by atoms with Crippen LogP contribution in [0, 0.1) is 5.82 Å². The molecular formula is C13H18FNO2. The maximum atomic E-state index is 13.4. The molecule has 0 saturated heterocycles. The number of ether oxygens (including phenoxy) is 1. The molecule has 0 saturated carbocycles. The van der Waals surface area contributed by atoms with E-state index >= 15 is 0 Å². The van der Waals surface area contributed by atoms with Crippen LogP contribution in [0.1, 0.15) is 38.8 Å². The monoisotopic (exact) mass is 239 g/mol. The van der Waals surface area contributed by atoms with Crippen molar-refractivity contribution in [2.45, 2.75) is 38.8 Å². The van der Waals surface area contributed by atoms with Crippen LogP contribution < -0.4 is 5.73 Å². The summed E-state index contributed by atoms with van der Waals surface area (Å²) >= 11 is 0. The summed E-state index contributed by atoms with van der Waals surface area (Å²) < 4.78 is 18.5. The molecule has 0 radical (unpaired) electrons. The fourth-order valence-corrected chi connectivity index (χ4v) is 1.45. The average molecular weight is 239 g/mol. The van der Waals surface area contributed by atoms with Crippen molar-refractivity contribution in [3.8, 4) is 0 Å². The summed E-state index contributed by atoms with van der Waals surface area (Å²) in [6, 6.07) is 5.49. The number of benzene rings is 1. The van der Waals surface area contributed by atoms with Crippen LogP contribution in [0.25, 0.3) is 0 Å². The van der Waals surface area contributed by atoms with Gasteiger partial charge < -0.3 is 10.5 Å². The molecule has 0 amide bonds. The standard InChI is InChI=1S/C13H18FNO2/c1-13(2,3)17-12(16)8-11(15)9-6-4-5-7-10(9)14/h4-7,11H,8,15H2,1-3H3. The fraction of sp³-hybridized carbons (Fsp3) is 0.462. The Morgan fingerprint density at radius 1 is 1.41 bits per heavy atom. The van der Waals surface area contributed by atoms with Gasteiger partial charge in [-0.15, -0.1) is 0 Å². The smallest absolute Gasteiger partial charge is 0.308 e. The first-order chi connectivity index (χ1) is 7.79. The minimum atomic E-state index is -0.675. The highest BCUT2D eigenvalue weighted by molar-refractivity contribution is 5.70. The Balaban J connectivity index is 2.64. The lowest BCUT2D eigenvalue weighted by Gasteiger charge is -2.21. The van der Waals surface area contributed by atoms with Crippen LogP contribution in [0.15, 0.2) is 24.3 Å². The molecule has 1 aromatic rings. The lowest BCUT2D eigenvalue weighted by molar-refractivity contribution is -0.155. The van der Waals surface area contributed by atoms with E-state index in [9.17, 15) is 9.18 Å². The molecule has 1 aromatic carbocycles. The second-order valence-electron chi connectivity index (χ2n) is 4.92. The molecule has 0 aliphatic heterocycles. The van der Waals surface area contributed by atoms with E-state index in [-0.39, 0.29) is 6.42 Å². The molecule has 0 aliphatic rings. The minimum absolute atomic E-state index is 0.0296. The molecule has 0 heterocycles. The predicted molar refractivity (Wildman–Crippen MR) is 63.8 cm³/mol. The lowest BCUT2D eigenvalue weighted by atomic mass is 10.0.